The quantitative estimate of drug-likeness (QED) is 0.703. The van der Waals surface area contributed by atoms with Crippen LogP contribution in [0.15, 0.2) is 11.4 Å². The van der Waals surface area contributed by atoms with E-state index in [1.54, 1.807) is 0 Å². The summed E-state index contributed by atoms with van der Waals surface area (Å²) in [5, 5.41) is 5.64. The van der Waals surface area contributed by atoms with E-state index in [1.807, 2.05) is 11.3 Å². The van der Waals surface area contributed by atoms with Crippen molar-refractivity contribution in [1.29, 1.82) is 0 Å². The summed E-state index contributed by atoms with van der Waals surface area (Å²) in [5.41, 5.74) is 1.51. The summed E-state index contributed by atoms with van der Waals surface area (Å²) < 4.78 is 0. The molecule has 0 saturated heterocycles. The highest BCUT2D eigenvalue weighted by molar-refractivity contribution is 7.10. The molecule has 0 radical (unpaired) electrons. The van der Waals surface area contributed by atoms with Crippen LogP contribution in [0, 0.1) is 0 Å². The molecule has 3 heteroatoms. The molecule has 92 valence electrons. The van der Waals surface area contributed by atoms with Crippen LogP contribution in [0.25, 0.3) is 0 Å². The largest absolute Gasteiger partial charge is 0.315 e. The van der Waals surface area contributed by atoms with Crippen molar-refractivity contribution in [2.75, 3.05) is 26.7 Å². The molecule has 0 spiro atoms. The fraction of sp³-hybridized carbons (Fsp3) is 0.692. The molecule has 0 bridgehead atoms. The number of nitrogens with one attached hydrogen (secondary N) is 1. The van der Waals surface area contributed by atoms with Crippen LogP contribution in [0.1, 0.15) is 30.7 Å². The van der Waals surface area contributed by atoms with Crippen LogP contribution < -0.4 is 5.32 Å². The van der Waals surface area contributed by atoms with Gasteiger partial charge in [-0.15, -0.1) is 11.3 Å². The fourth-order valence-corrected chi connectivity index (χ4v) is 2.77. The standard InChI is InChI=1S/C13H24N2S/c1-4-7-14-8-9-15(3)11-13-12(5-2)6-10-16-13/h6,10,14H,4-5,7-9,11H2,1-3H3. The van der Waals surface area contributed by atoms with Crippen LogP contribution in [0.3, 0.4) is 0 Å². The molecular weight excluding hydrogens is 216 g/mol. The third-order valence-electron chi connectivity index (χ3n) is 2.73. The Morgan fingerprint density at radius 3 is 2.81 bits per heavy atom. The van der Waals surface area contributed by atoms with E-state index in [2.05, 4.69) is 42.6 Å². The van der Waals surface area contributed by atoms with Gasteiger partial charge in [0.2, 0.25) is 0 Å². The van der Waals surface area contributed by atoms with Crippen LogP contribution in [-0.4, -0.2) is 31.6 Å². The zero-order valence-electron chi connectivity index (χ0n) is 10.8. The second-order valence-electron chi connectivity index (χ2n) is 4.21. The van der Waals surface area contributed by atoms with Crippen molar-refractivity contribution in [3.63, 3.8) is 0 Å². The predicted octanol–water partition coefficient (Wildman–Crippen LogP) is 2.74. The van der Waals surface area contributed by atoms with Gasteiger partial charge in [-0.25, -0.2) is 0 Å². The lowest BCUT2D eigenvalue weighted by atomic mass is 10.2. The van der Waals surface area contributed by atoms with Crippen molar-refractivity contribution in [2.24, 2.45) is 0 Å². The molecule has 0 unspecified atom stereocenters. The van der Waals surface area contributed by atoms with Crippen LogP contribution in [0.4, 0.5) is 0 Å². The van der Waals surface area contributed by atoms with Crippen molar-refractivity contribution in [3.05, 3.63) is 21.9 Å². The van der Waals surface area contributed by atoms with Crippen molar-refractivity contribution < 1.29 is 0 Å². The normalized spacial score (nSPS) is 11.2. The van der Waals surface area contributed by atoms with Gasteiger partial charge in [-0.1, -0.05) is 13.8 Å². The highest BCUT2D eigenvalue weighted by atomic mass is 32.1. The Hall–Kier alpha value is -0.380. The Bertz CT molecular complexity index is 283. The molecule has 0 atom stereocenters. The average Bonchev–Trinajstić information content (AvgIpc) is 2.71. The van der Waals surface area contributed by atoms with Crippen molar-refractivity contribution in [2.45, 2.75) is 33.2 Å². The molecule has 2 nitrogen and oxygen atoms in total. The molecule has 1 rings (SSSR count). The van der Waals surface area contributed by atoms with Crippen LogP contribution in [0.2, 0.25) is 0 Å². The maximum absolute atomic E-state index is 3.44. The first-order valence-electron chi connectivity index (χ1n) is 6.22. The van der Waals surface area contributed by atoms with Gasteiger partial charge in [0.05, 0.1) is 0 Å². The molecule has 1 aromatic heterocycles. The Balaban J connectivity index is 2.25. The minimum atomic E-state index is 1.09. The van der Waals surface area contributed by atoms with E-state index in [4.69, 9.17) is 0 Å². The Morgan fingerprint density at radius 1 is 1.31 bits per heavy atom. The van der Waals surface area contributed by atoms with Crippen molar-refractivity contribution >= 4 is 11.3 Å². The molecule has 0 saturated carbocycles. The Morgan fingerprint density at radius 2 is 2.12 bits per heavy atom. The summed E-state index contributed by atoms with van der Waals surface area (Å²) in [6.07, 6.45) is 2.37. The van der Waals surface area contributed by atoms with Crippen molar-refractivity contribution in [3.8, 4) is 0 Å². The van der Waals surface area contributed by atoms with Gasteiger partial charge >= 0.3 is 0 Å². The minimum absolute atomic E-state index is 1.09. The molecule has 1 N–H and O–H groups in total. The summed E-state index contributed by atoms with van der Waals surface area (Å²) >= 11 is 1.88. The molecule has 0 fully saturated rings. The molecule has 1 heterocycles. The van der Waals surface area contributed by atoms with E-state index < -0.39 is 0 Å². The van der Waals surface area contributed by atoms with E-state index in [9.17, 15) is 0 Å². The highest BCUT2D eigenvalue weighted by Crippen LogP contribution is 2.18. The van der Waals surface area contributed by atoms with E-state index >= 15 is 0 Å². The molecular formula is C13H24N2S. The average molecular weight is 240 g/mol. The SMILES string of the molecule is CCCNCCN(C)Cc1sccc1CC. The van der Waals surface area contributed by atoms with E-state index in [-0.39, 0.29) is 0 Å². The monoisotopic (exact) mass is 240 g/mol. The number of rotatable bonds is 8. The highest BCUT2D eigenvalue weighted by Gasteiger charge is 2.05. The maximum Gasteiger partial charge on any atom is 0.0328 e. The van der Waals surface area contributed by atoms with Gasteiger partial charge in [-0.3, -0.25) is 0 Å². The molecule has 0 aliphatic carbocycles. The number of hydrogen-bond donors (Lipinski definition) is 1. The van der Waals surface area contributed by atoms with Gasteiger partial charge in [-0.2, -0.15) is 0 Å². The first-order valence-corrected chi connectivity index (χ1v) is 7.10. The third-order valence-corrected chi connectivity index (χ3v) is 3.68. The summed E-state index contributed by atoms with van der Waals surface area (Å²) in [5.74, 6) is 0. The van der Waals surface area contributed by atoms with E-state index in [0.717, 1.165) is 32.6 Å². The summed E-state index contributed by atoms with van der Waals surface area (Å²) in [6, 6.07) is 2.25. The molecule has 16 heavy (non-hydrogen) atoms. The molecule has 0 amide bonds. The van der Waals surface area contributed by atoms with Gasteiger partial charge in [0.15, 0.2) is 0 Å². The summed E-state index contributed by atoms with van der Waals surface area (Å²) in [4.78, 5) is 3.92. The van der Waals surface area contributed by atoms with Gasteiger partial charge in [-0.05, 0) is 43.4 Å². The van der Waals surface area contributed by atoms with Crippen LogP contribution in [0.5, 0.6) is 0 Å². The van der Waals surface area contributed by atoms with Gasteiger partial charge < -0.3 is 10.2 Å². The molecule has 0 aromatic carbocycles. The second-order valence-corrected chi connectivity index (χ2v) is 5.21. The third kappa shape index (κ3) is 4.64. The zero-order chi connectivity index (χ0) is 11.8. The second kappa shape index (κ2) is 7.82. The predicted molar refractivity (Wildman–Crippen MR) is 73.2 cm³/mol. The number of thiophene rings is 1. The lowest BCUT2D eigenvalue weighted by molar-refractivity contribution is 0.326. The zero-order valence-corrected chi connectivity index (χ0v) is 11.6. The number of likely N-dealkylation sites (N-methyl/N-ethyl adjacent to an activating group) is 1. The van der Waals surface area contributed by atoms with Gasteiger partial charge in [0.1, 0.15) is 0 Å². The smallest absolute Gasteiger partial charge is 0.0328 e. The Kier molecular flexibility index (Phi) is 6.69. The first-order chi connectivity index (χ1) is 7.77. The molecule has 0 aliphatic heterocycles. The summed E-state index contributed by atoms with van der Waals surface area (Å²) in [7, 11) is 2.20. The van der Waals surface area contributed by atoms with Crippen LogP contribution >= 0.6 is 11.3 Å². The molecule has 1 aromatic rings. The van der Waals surface area contributed by atoms with Gasteiger partial charge in [0, 0.05) is 24.5 Å². The topological polar surface area (TPSA) is 15.3 Å². The summed E-state index contributed by atoms with van der Waals surface area (Å²) in [6.45, 7) is 8.88. The lowest BCUT2D eigenvalue weighted by Crippen LogP contribution is -2.29. The van der Waals surface area contributed by atoms with Crippen LogP contribution in [-0.2, 0) is 13.0 Å². The van der Waals surface area contributed by atoms with Crippen molar-refractivity contribution in [1.82, 2.24) is 10.2 Å². The maximum atomic E-state index is 3.44. The van der Waals surface area contributed by atoms with E-state index in [1.165, 1.54) is 16.9 Å². The minimum Gasteiger partial charge on any atom is -0.315 e. The first kappa shape index (κ1) is 13.7. The fourth-order valence-electron chi connectivity index (χ4n) is 1.72. The Labute approximate surface area is 104 Å². The number of hydrogen-bond acceptors (Lipinski definition) is 3. The lowest BCUT2D eigenvalue weighted by Gasteiger charge is -2.16. The van der Waals surface area contributed by atoms with E-state index in [0.29, 0.717) is 0 Å². The number of nitrogens with zero attached hydrogens (tertiary/aromatic N) is 1. The van der Waals surface area contributed by atoms with Gasteiger partial charge in [0.25, 0.3) is 0 Å². The molecule has 0 aliphatic rings. The number of aryl methyl sites for hydroxylation is 1.